The van der Waals surface area contributed by atoms with Gasteiger partial charge < -0.3 is 10.2 Å². The summed E-state index contributed by atoms with van der Waals surface area (Å²) in [6, 6.07) is 7.53. The summed E-state index contributed by atoms with van der Waals surface area (Å²) in [7, 11) is 3.69. The van der Waals surface area contributed by atoms with Gasteiger partial charge in [0.15, 0.2) is 0 Å². The van der Waals surface area contributed by atoms with Crippen LogP contribution in [0, 0.1) is 13.8 Å². The van der Waals surface area contributed by atoms with Crippen molar-refractivity contribution in [2.24, 2.45) is 0 Å². The summed E-state index contributed by atoms with van der Waals surface area (Å²) in [6.45, 7) is 5.43. The van der Waals surface area contributed by atoms with Crippen LogP contribution in [0.1, 0.15) is 21.7 Å². The zero-order chi connectivity index (χ0) is 16.3. The fraction of sp³-hybridized carbons (Fsp3) is 0.375. The number of aromatic nitrogens is 2. The molecule has 1 aromatic carbocycles. The summed E-state index contributed by atoms with van der Waals surface area (Å²) in [4.78, 5) is 14.0. The van der Waals surface area contributed by atoms with Crippen LogP contribution in [0.4, 0.5) is 0 Å². The fourth-order valence-corrected chi connectivity index (χ4v) is 2.47. The molecule has 0 saturated heterocycles. The van der Waals surface area contributed by atoms with Gasteiger partial charge in [-0.2, -0.15) is 5.10 Å². The maximum Gasteiger partial charge on any atom is 0.253 e. The molecule has 0 bridgehead atoms. The first kappa shape index (κ1) is 19.7. The molecule has 0 saturated carbocycles. The van der Waals surface area contributed by atoms with Gasteiger partial charge in [-0.15, -0.1) is 12.4 Å². The first-order valence-corrected chi connectivity index (χ1v) is 7.97. The summed E-state index contributed by atoms with van der Waals surface area (Å²) >= 11 is 3.53. The Morgan fingerprint density at radius 3 is 2.39 bits per heavy atom. The van der Waals surface area contributed by atoms with Crippen molar-refractivity contribution in [2.75, 3.05) is 27.2 Å². The Kier molecular flexibility index (Phi) is 7.25. The van der Waals surface area contributed by atoms with Crippen LogP contribution in [0.25, 0.3) is 5.69 Å². The topological polar surface area (TPSA) is 50.2 Å². The summed E-state index contributed by atoms with van der Waals surface area (Å²) in [5, 5.41) is 7.54. The number of likely N-dealkylation sites (N-methyl/N-ethyl adjacent to an activating group) is 2. The SMILES string of the molecule is CNCCN(C)C(=O)c1ccc(-n2nc(C)c(Br)c2C)cc1.Cl. The molecule has 0 fully saturated rings. The first-order valence-electron chi connectivity index (χ1n) is 7.18. The Bertz CT molecular complexity index is 669. The molecular weight excluding hydrogens is 380 g/mol. The van der Waals surface area contributed by atoms with Gasteiger partial charge in [0.05, 0.1) is 21.5 Å². The molecule has 23 heavy (non-hydrogen) atoms. The van der Waals surface area contributed by atoms with Crippen molar-refractivity contribution in [1.82, 2.24) is 20.0 Å². The van der Waals surface area contributed by atoms with E-state index in [1.165, 1.54) is 0 Å². The zero-order valence-corrected chi connectivity index (χ0v) is 16.2. The third-order valence-corrected chi connectivity index (χ3v) is 4.75. The molecule has 0 aliphatic rings. The Morgan fingerprint density at radius 2 is 1.91 bits per heavy atom. The van der Waals surface area contributed by atoms with E-state index >= 15 is 0 Å². The number of carbonyl (C=O) groups is 1. The molecule has 0 spiro atoms. The van der Waals surface area contributed by atoms with Crippen LogP contribution in [-0.2, 0) is 0 Å². The second-order valence-corrected chi connectivity index (χ2v) is 6.07. The van der Waals surface area contributed by atoms with Crippen LogP contribution in [0.2, 0.25) is 0 Å². The molecule has 0 aliphatic carbocycles. The van der Waals surface area contributed by atoms with Gasteiger partial charge in [-0.1, -0.05) is 0 Å². The smallest absolute Gasteiger partial charge is 0.253 e. The van der Waals surface area contributed by atoms with Gasteiger partial charge in [-0.3, -0.25) is 4.79 Å². The van der Waals surface area contributed by atoms with Crippen molar-refractivity contribution in [1.29, 1.82) is 0 Å². The molecule has 7 heteroatoms. The lowest BCUT2D eigenvalue weighted by Gasteiger charge is -2.17. The Hall–Kier alpha value is -1.37. The number of carbonyl (C=O) groups excluding carboxylic acids is 1. The number of hydrogen-bond donors (Lipinski definition) is 1. The third-order valence-electron chi connectivity index (χ3n) is 3.61. The van der Waals surface area contributed by atoms with Gasteiger partial charge in [-0.05, 0) is 61.1 Å². The largest absolute Gasteiger partial charge is 0.340 e. The second kappa shape index (κ2) is 8.47. The number of hydrogen-bond acceptors (Lipinski definition) is 3. The normalized spacial score (nSPS) is 10.3. The number of nitrogens with one attached hydrogen (secondary N) is 1. The first-order chi connectivity index (χ1) is 10.5. The van der Waals surface area contributed by atoms with Crippen LogP contribution in [0.3, 0.4) is 0 Å². The van der Waals surface area contributed by atoms with E-state index in [2.05, 4.69) is 26.3 Å². The van der Waals surface area contributed by atoms with E-state index in [1.807, 2.05) is 56.9 Å². The molecule has 0 radical (unpaired) electrons. The van der Waals surface area contributed by atoms with Crippen molar-refractivity contribution >= 4 is 34.2 Å². The van der Waals surface area contributed by atoms with Crippen LogP contribution < -0.4 is 5.32 Å². The Labute approximate surface area is 151 Å². The van der Waals surface area contributed by atoms with E-state index in [9.17, 15) is 4.79 Å². The van der Waals surface area contributed by atoms with Gasteiger partial charge >= 0.3 is 0 Å². The highest BCUT2D eigenvalue weighted by Gasteiger charge is 2.13. The maximum atomic E-state index is 12.3. The number of nitrogens with zero attached hydrogens (tertiary/aromatic N) is 3. The van der Waals surface area contributed by atoms with E-state index in [-0.39, 0.29) is 18.3 Å². The predicted molar refractivity (Wildman–Crippen MR) is 98.9 cm³/mol. The monoisotopic (exact) mass is 400 g/mol. The Balaban J connectivity index is 0.00000264. The lowest BCUT2D eigenvalue weighted by atomic mass is 10.2. The van der Waals surface area contributed by atoms with Crippen molar-refractivity contribution < 1.29 is 4.79 Å². The number of halogens is 2. The summed E-state index contributed by atoms with van der Waals surface area (Å²) < 4.78 is 2.89. The standard InChI is InChI=1S/C16H21BrN4O.ClH/c1-11-15(17)12(2)21(19-11)14-7-5-13(6-8-14)16(22)20(4)10-9-18-3;/h5-8,18H,9-10H2,1-4H3;1H. The predicted octanol–water partition coefficient (Wildman–Crippen LogP) is 2.96. The molecule has 1 aromatic heterocycles. The van der Waals surface area contributed by atoms with Crippen LogP contribution in [-0.4, -0.2) is 47.8 Å². The third kappa shape index (κ3) is 4.34. The number of aryl methyl sites for hydroxylation is 1. The highest BCUT2D eigenvalue weighted by Crippen LogP contribution is 2.23. The Morgan fingerprint density at radius 1 is 1.30 bits per heavy atom. The average Bonchev–Trinajstić information content (AvgIpc) is 2.79. The molecule has 2 aromatic rings. The molecule has 0 aliphatic heterocycles. The number of rotatable bonds is 5. The van der Waals surface area contributed by atoms with Gasteiger partial charge in [0.2, 0.25) is 0 Å². The lowest BCUT2D eigenvalue weighted by Crippen LogP contribution is -2.32. The van der Waals surface area contributed by atoms with Gasteiger partial charge in [0.25, 0.3) is 5.91 Å². The van der Waals surface area contributed by atoms with E-state index in [0.717, 1.165) is 28.1 Å². The minimum atomic E-state index is 0. The molecule has 1 N–H and O–H groups in total. The van der Waals surface area contributed by atoms with Gasteiger partial charge in [0.1, 0.15) is 0 Å². The van der Waals surface area contributed by atoms with Crippen LogP contribution in [0.15, 0.2) is 28.7 Å². The van der Waals surface area contributed by atoms with Crippen molar-refractivity contribution in [3.05, 3.63) is 45.7 Å². The molecule has 1 heterocycles. The van der Waals surface area contributed by atoms with Crippen molar-refractivity contribution in [3.8, 4) is 5.69 Å². The van der Waals surface area contributed by atoms with E-state index < -0.39 is 0 Å². The zero-order valence-electron chi connectivity index (χ0n) is 13.8. The minimum absolute atomic E-state index is 0. The molecule has 0 atom stereocenters. The summed E-state index contributed by atoms with van der Waals surface area (Å²) in [6.07, 6.45) is 0. The molecular formula is C16H22BrClN4O. The fourth-order valence-electron chi connectivity index (χ4n) is 2.22. The highest BCUT2D eigenvalue weighted by atomic mass is 79.9. The number of benzene rings is 1. The molecule has 2 rings (SSSR count). The van der Waals surface area contributed by atoms with Gasteiger partial charge in [0, 0.05) is 25.7 Å². The summed E-state index contributed by atoms with van der Waals surface area (Å²) in [5.41, 5.74) is 3.62. The molecule has 126 valence electrons. The molecule has 0 unspecified atom stereocenters. The van der Waals surface area contributed by atoms with Gasteiger partial charge in [-0.25, -0.2) is 4.68 Å². The van der Waals surface area contributed by atoms with Crippen molar-refractivity contribution in [3.63, 3.8) is 0 Å². The van der Waals surface area contributed by atoms with Crippen molar-refractivity contribution in [2.45, 2.75) is 13.8 Å². The van der Waals surface area contributed by atoms with E-state index in [4.69, 9.17) is 0 Å². The molecule has 1 amide bonds. The van der Waals surface area contributed by atoms with E-state index in [0.29, 0.717) is 12.1 Å². The van der Waals surface area contributed by atoms with E-state index in [1.54, 1.807) is 4.90 Å². The maximum absolute atomic E-state index is 12.3. The van der Waals surface area contributed by atoms with Crippen LogP contribution in [0.5, 0.6) is 0 Å². The minimum Gasteiger partial charge on any atom is -0.340 e. The lowest BCUT2D eigenvalue weighted by molar-refractivity contribution is 0.0797. The highest BCUT2D eigenvalue weighted by molar-refractivity contribution is 9.10. The second-order valence-electron chi connectivity index (χ2n) is 5.27. The number of amides is 1. The summed E-state index contributed by atoms with van der Waals surface area (Å²) in [5.74, 6) is 0.0244. The van der Waals surface area contributed by atoms with Crippen LogP contribution >= 0.6 is 28.3 Å². The molecule has 5 nitrogen and oxygen atoms in total. The quantitative estimate of drug-likeness (QED) is 0.838. The average molecular weight is 402 g/mol.